The Morgan fingerprint density at radius 1 is 1.19 bits per heavy atom. The summed E-state index contributed by atoms with van der Waals surface area (Å²) < 4.78 is 57.3. The van der Waals surface area contributed by atoms with Crippen LogP contribution in [0.5, 0.6) is 0 Å². The molecule has 9 heteroatoms. The minimum atomic E-state index is -4.59. The van der Waals surface area contributed by atoms with Gasteiger partial charge in [0.05, 0.1) is 29.4 Å². The normalized spacial score (nSPS) is 24.3. The van der Waals surface area contributed by atoms with Gasteiger partial charge in [0.2, 0.25) is 0 Å². The third-order valence-electron chi connectivity index (χ3n) is 5.39. The summed E-state index contributed by atoms with van der Waals surface area (Å²) in [5.74, 6) is -0.447. The number of benzene rings is 1. The number of ether oxygens (including phenoxy) is 1. The molecular weight excluding hydrogens is 362 g/mol. The Kier molecular flexibility index (Phi) is 5.07. The zero-order valence-electron chi connectivity index (χ0n) is 15.8. The molecule has 1 N–H and O–H groups in total. The minimum Gasteiger partial charge on any atom is -0.399 e. The number of alkyl halides is 3. The molecule has 1 atom stereocenters. The predicted octanol–water partition coefficient (Wildman–Crippen LogP) is 2.52. The molecule has 1 aromatic rings. The molecule has 2 heterocycles. The highest BCUT2D eigenvalue weighted by atomic mass is 19.4. The van der Waals surface area contributed by atoms with Crippen molar-refractivity contribution in [3.63, 3.8) is 0 Å². The van der Waals surface area contributed by atoms with Crippen molar-refractivity contribution in [1.82, 2.24) is 5.32 Å². The van der Waals surface area contributed by atoms with Gasteiger partial charge in [0.25, 0.3) is 5.91 Å². The summed E-state index contributed by atoms with van der Waals surface area (Å²) in [5.41, 5.74) is -2.53. The molecule has 148 valence electrons. The van der Waals surface area contributed by atoms with E-state index in [-0.39, 0.29) is 17.1 Å². The van der Waals surface area contributed by atoms with Gasteiger partial charge in [-0.2, -0.15) is 13.2 Å². The van der Waals surface area contributed by atoms with Gasteiger partial charge in [-0.25, -0.2) is 0 Å². The van der Waals surface area contributed by atoms with Gasteiger partial charge in [-0.15, -0.1) is 0 Å². The fourth-order valence-electron chi connectivity index (χ4n) is 3.04. The van der Waals surface area contributed by atoms with E-state index < -0.39 is 36.0 Å². The number of hydrogen-bond donors (Lipinski definition) is 1. The summed E-state index contributed by atoms with van der Waals surface area (Å²) in [4.78, 5) is 12.5. The van der Waals surface area contributed by atoms with E-state index in [0.717, 1.165) is 6.07 Å². The van der Waals surface area contributed by atoms with Gasteiger partial charge < -0.3 is 19.4 Å². The zero-order valence-corrected chi connectivity index (χ0v) is 15.8. The maximum Gasteiger partial charge on any atom is 0.495 e. The number of rotatable bonds is 3. The van der Waals surface area contributed by atoms with E-state index >= 15 is 0 Å². The van der Waals surface area contributed by atoms with Gasteiger partial charge in [0.1, 0.15) is 0 Å². The smallest absolute Gasteiger partial charge is 0.399 e. The van der Waals surface area contributed by atoms with Crippen LogP contribution in [0.1, 0.15) is 50.0 Å². The molecule has 27 heavy (non-hydrogen) atoms. The maximum absolute atomic E-state index is 13.5. The van der Waals surface area contributed by atoms with Gasteiger partial charge in [-0.1, -0.05) is 0 Å². The molecule has 0 saturated carbocycles. The second kappa shape index (κ2) is 6.79. The summed E-state index contributed by atoms with van der Waals surface area (Å²) in [6.45, 7) is 8.00. The van der Waals surface area contributed by atoms with Crippen LogP contribution in [-0.2, 0) is 20.2 Å². The van der Waals surface area contributed by atoms with Crippen LogP contribution in [0.25, 0.3) is 0 Å². The Balaban J connectivity index is 1.94. The highest BCUT2D eigenvalue weighted by molar-refractivity contribution is 6.62. The fourth-order valence-corrected chi connectivity index (χ4v) is 3.04. The van der Waals surface area contributed by atoms with Crippen LogP contribution < -0.4 is 10.8 Å². The third-order valence-corrected chi connectivity index (χ3v) is 5.39. The molecule has 2 fully saturated rings. The highest BCUT2D eigenvalue weighted by Crippen LogP contribution is 2.38. The minimum absolute atomic E-state index is 0.125. The van der Waals surface area contributed by atoms with Crippen LogP contribution in [0.3, 0.4) is 0 Å². The van der Waals surface area contributed by atoms with Gasteiger partial charge >= 0.3 is 13.3 Å². The largest absolute Gasteiger partial charge is 0.495 e. The van der Waals surface area contributed by atoms with Crippen molar-refractivity contribution in [3.8, 4) is 0 Å². The molecule has 1 unspecified atom stereocenters. The van der Waals surface area contributed by atoms with Crippen molar-refractivity contribution in [3.05, 3.63) is 29.3 Å². The molecule has 2 aliphatic heterocycles. The number of halogens is 3. The van der Waals surface area contributed by atoms with Crippen LogP contribution in [0.15, 0.2) is 18.2 Å². The van der Waals surface area contributed by atoms with E-state index in [1.54, 1.807) is 27.7 Å². The molecule has 2 aliphatic rings. The summed E-state index contributed by atoms with van der Waals surface area (Å²) in [7, 11) is -1.21. The molecule has 1 amide bonds. The van der Waals surface area contributed by atoms with Gasteiger partial charge in [-0.05, 0) is 57.8 Å². The first-order valence-corrected chi connectivity index (χ1v) is 8.86. The fraction of sp³-hybridized carbons (Fsp3) is 0.611. The summed E-state index contributed by atoms with van der Waals surface area (Å²) in [6.07, 6.45) is -3.91. The average Bonchev–Trinajstić information content (AvgIpc) is 3.12. The Morgan fingerprint density at radius 2 is 1.81 bits per heavy atom. The summed E-state index contributed by atoms with van der Waals surface area (Å²) in [6, 6.07) is 3.14. The van der Waals surface area contributed by atoms with Crippen molar-refractivity contribution in [2.75, 3.05) is 13.2 Å². The van der Waals surface area contributed by atoms with Crippen molar-refractivity contribution in [1.29, 1.82) is 0 Å². The van der Waals surface area contributed by atoms with Crippen molar-refractivity contribution in [2.45, 2.75) is 57.5 Å². The molecule has 0 spiro atoms. The zero-order chi connectivity index (χ0) is 20.0. The highest BCUT2D eigenvalue weighted by Gasteiger charge is 2.53. The van der Waals surface area contributed by atoms with Crippen molar-refractivity contribution >= 4 is 18.5 Å². The van der Waals surface area contributed by atoms with Crippen LogP contribution in [0, 0.1) is 0 Å². The molecule has 0 aliphatic carbocycles. The van der Waals surface area contributed by atoms with E-state index in [9.17, 15) is 18.0 Å². The lowest BCUT2D eigenvalue weighted by atomic mass is 9.75. The molecule has 5 nitrogen and oxygen atoms in total. The molecule has 0 aromatic heterocycles. The lowest BCUT2D eigenvalue weighted by Crippen LogP contribution is -2.41. The van der Waals surface area contributed by atoms with Crippen LogP contribution in [-0.4, -0.2) is 43.5 Å². The monoisotopic (exact) mass is 385 g/mol. The van der Waals surface area contributed by atoms with Crippen LogP contribution in [0.2, 0.25) is 0 Å². The first-order chi connectivity index (χ1) is 12.4. The van der Waals surface area contributed by atoms with Gasteiger partial charge in [0.15, 0.2) is 0 Å². The van der Waals surface area contributed by atoms with Gasteiger partial charge in [-0.3, -0.25) is 4.79 Å². The molecule has 2 saturated heterocycles. The average molecular weight is 385 g/mol. The van der Waals surface area contributed by atoms with E-state index in [1.165, 1.54) is 12.1 Å². The first-order valence-electron chi connectivity index (χ1n) is 8.86. The summed E-state index contributed by atoms with van der Waals surface area (Å²) >= 11 is 0. The molecular formula is C18H23BF3NO4. The summed E-state index contributed by atoms with van der Waals surface area (Å²) in [5, 5.41) is 2.78. The number of carbonyl (C=O) groups is 1. The number of carbonyl (C=O) groups excluding carboxylic acids is 1. The van der Waals surface area contributed by atoms with Crippen LogP contribution in [0.4, 0.5) is 13.2 Å². The molecule has 0 bridgehead atoms. The Hall–Kier alpha value is -1.58. The molecule has 3 rings (SSSR count). The lowest BCUT2D eigenvalue weighted by molar-refractivity contribution is -0.136. The Morgan fingerprint density at radius 3 is 2.33 bits per heavy atom. The number of nitrogens with one attached hydrogen (secondary N) is 1. The third kappa shape index (κ3) is 4.00. The van der Waals surface area contributed by atoms with Crippen molar-refractivity contribution < 1.29 is 32.0 Å². The molecule has 0 radical (unpaired) electrons. The Labute approximate surface area is 156 Å². The number of hydrogen-bond acceptors (Lipinski definition) is 4. The van der Waals surface area contributed by atoms with Crippen molar-refractivity contribution in [2.24, 2.45) is 0 Å². The first kappa shape index (κ1) is 20.2. The van der Waals surface area contributed by atoms with E-state index in [4.69, 9.17) is 14.0 Å². The second-order valence-corrected chi connectivity index (χ2v) is 7.92. The van der Waals surface area contributed by atoms with E-state index in [1.807, 2.05) is 0 Å². The topological polar surface area (TPSA) is 56.8 Å². The maximum atomic E-state index is 13.5. The SMILES string of the molecule is CC1(C)OB(c2cc(C(=O)NC3CCOC3)ccc2C(F)(F)F)OC1(C)C. The number of amides is 1. The van der Waals surface area contributed by atoms with E-state index in [0.29, 0.717) is 19.6 Å². The van der Waals surface area contributed by atoms with E-state index in [2.05, 4.69) is 5.32 Å². The van der Waals surface area contributed by atoms with Crippen LogP contribution >= 0.6 is 0 Å². The lowest BCUT2D eigenvalue weighted by Gasteiger charge is -2.32. The Bertz CT molecular complexity index is 714. The quantitative estimate of drug-likeness (QED) is 0.813. The molecule has 1 aromatic carbocycles. The predicted molar refractivity (Wildman–Crippen MR) is 93.9 cm³/mol. The second-order valence-electron chi connectivity index (χ2n) is 7.92. The van der Waals surface area contributed by atoms with Gasteiger partial charge in [0, 0.05) is 12.2 Å². The standard InChI is InChI=1S/C18H23BF3NO4/c1-16(2)17(3,4)27-19(26-16)14-9-11(5-6-13(14)18(20,21)22)15(24)23-12-7-8-25-10-12/h5-6,9,12H,7-8,10H2,1-4H3,(H,23,24).